The van der Waals surface area contributed by atoms with E-state index in [4.69, 9.17) is 9.84 Å². The standard InChI is InChI=1S/C13H14O4/c1-2-17-13(16)8-7-10-3-5-11(6-4-10)9-12(14)15/h3-8H,2,9H2,1H3,(H,14,15). The van der Waals surface area contributed by atoms with Crippen LogP contribution in [0, 0.1) is 0 Å². The first-order chi connectivity index (χ1) is 8.11. The maximum Gasteiger partial charge on any atom is 0.330 e. The molecule has 0 aromatic heterocycles. The molecular weight excluding hydrogens is 220 g/mol. The van der Waals surface area contributed by atoms with Crippen LogP contribution in [-0.2, 0) is 20.7 Å². The van der Waals surface area contributed by atoms with Crippen molar-refractivity contribution < 1.29 is 19.4 Å². The van der Waals surface area contributed by atoms with Gasteiger partial charge in [0.1, 0.15) is 0 Å². The molecule has 1 N–H and O–H groups in total. The summed E-state index contributed by atoms with van der Waals surface area (Å²) in [5.74, 6) is -1.25. The summed E-state index contributed by atoms with van der Waals surface area (Å²) in [7, 11) is 0. The maximum absolute atomic E-state index is 11.0. The molecule has 0 aliphatic heterocycles. The summed E-state index contributed by atoms with van der Waals surface area (Å²) < 4.78 is 4.74. The minimum Gasteiger partial charge on any atom is -0.481 e. The highest BCUT2D eigenvalue weighted by atomic mass is 16.5. The summed E-state index contributed by atoms with van der Waals surface area (Å²) in [5, 5.41) is 8.60. The fourth-order valence-corrected chi connectivity index (χ4v) is 1.28. The second kappa shape index (κ2) is 6.48. The number of carbonyl (C=O) groups is 2. The van der Waals surface area contributed by atoms with Gasteiger partial charge in [0, 0.05) is 6.08 Å². The molecule has 0 saturated carbocycles. The zero-order valence-corrected chi connectivity index (χ0v) is 9.55. The summed E-state index contributed by atoms with van der Waals surface area (Å²) in [4.78, 5) is 21.5. The Kier molecular flexibility index (Phi) is 4.94. The van der Waals surface area contributed by atoms with E-state index in [0.29, 0.717) is 6.61 Å². The van der Waals surface area contributed by atoms with E-state index < -0.39 is 5.97 Å². The van der Waals surface area contributed by atoms with Crippen LogP contribution in [0.5, 0.6) is 0 Å². The van der Waals surface area contributed by atoms with Crippen molar-refractivity contribution in [2.24, 2.45) is 0 Å². The van der Waals surface area contributed by atoms with E-state index in [2.05, 4.69) is 0 Å². The second-order valence-electron chi connectivity index (χ2n) is 3.40. The zero-order valence-electron chi connectivity index (χ0n) is 9.55. The van der Waals surface area contributed by atoms with Gasteiger partial charge in [-0.2, -0.15) is 0 Å². The normalized spacial score (nSPS) is 10.4. The van der Waals surface area contributed by atoms with E-state index >= 15 is 0 Å². The van der Waals surface area contributed by atoms with Gasteiger partial charge >= 0.3 is 11.9 Å². The molecule has 0 amide bonds. The molecule has 0 unspecified atom stereocenters. The molecule has 0 aliphatic rings. The van der Waals surface area contributed by atoms with Gasteiger partial charge in [-0.3, -0.25) is 4.79 Å². The monoisotopic (exact) mass is 234 g/mol. The van der Waals surface area contributed by atoms with Crippen LogP contribution in [0.4, 0.5) is 0 Å². The fraction of sp³-hybridized carbons (Fsp3) is 0.231. The number of carbonyl (C=O) groups excluding carboxylic acids is 1. The van der Waals surface area contributed by atoms with E-state index in [0.717, 1.165) is 11.1 Å². The number of ether oxygens (including phenoxy) is 1. The summed E-state index contributed by atoms with van der Waals surface area (Å²) >= 11 is 0. The van der Waals surface area contributed by atoms with Crippen molar-refractivity contribution in [2.75, 3.05) is 6.61 Å². The summed E-state index contributed by atoms with van der Waals surface area (Å²) in [6.07, 6.45) is 2.97. The molecule has 0 atom stereocenters. The lowest BCUT2D eigenvalue weighted by atomic mass is 10.1. The number of rotatable bonds is 5. The third-order valence-corrected chi connectivity index (χ3v) is 2.03. The molecular formula is C13H14O4. The molecule has 4 heteroatoms. The van der Waals surface area contributed by atoms with Crippen molar-refractivity contribution in [3.63, 3.8) is 0 Å². The van der Waals surface area contributed by atoms with E-state index in [9.17, 15) is 9.59 Å². The molecule has 4 nitrogen and oxygen atoms in total. The lowest BCUT2D eigenvalue weighted by Gasteiger charge is -1.98. The molecule has 1 aromatic carbocycles. The van der Waals surface area contributed by atoms with Crippen LogP contribution < -0.4 is 0 Å². The first kappa shape index (κ1) is 13.0. The molecule has 0 radical (unpaired) electrons. The Morgan fingerprint density at radius 1 is 1.29 bits per heavy atom. The molecule has 0 bridgehead atoms. The Bertz CT molecular complexity index is 418. The number of aliphatic carboxylic acids is 1. The average Bonchev–Trinajstić information content (AvgIpc) is 2.28. The Morgan fingerprint density at radius 3 is 2.47 bits per heavy atom. The Labute approximate surface area is 99.5 Å². The Morgan fingerprint density at radius 2 is 1.94 bits per heavy atom. The third kappa shape index (κ3) is 4.97. The lowest BCUT2D eigenvalue weighted by Crippen LogP contribution is -1.99. The van der Waals surface area contributed by atoms with Gasteiger partial charge in [-0.1, -0.05) is 24.3 Å². The molecule has 1 aromatic rings. The molecule has 90 valence electrons. The highest BCUT2D eigenvalue weighted by molar-refractivity contribution is 5.87. The van der Waals surface area contributed by atoms with Crippen LogP contribution in [0.1, 0.15) is 18.1 Å². The predicted octanol–water partition coefficient (Wildman–Crippen LogP) is 1.89. The van der Waals surface area contributed by atoms with Crippen molar-refractivity contribution in [3.8, 4) is 0 Å². The largest absolute Gasteiger partial charge is 0.481 e. The van der Waals surface area contributed by atoms with Crippen molar-refractivity contribution >= 4 is 18.0 Å². The minimum absolute atomic E-state index is 0.00186. The van der Waals surface area contributed by atoms with Crippen LogP contribution in [0.25, 0.3) is 6.08 Å². The number of benzene rings is 1. The fourth-order valence-electron chi connectivity index (χ4n) is 1.28. The van der Waals surface area contributed by atoms with Crippen LogP contribution in [0.2, 0.25) is 0 Å². The lowest BCUT2D eigenvalue weighted by molar-refractivity contribution is -0.137. The SMILES string of the molecule is CCOC(=O)C=Cc1ccc(CC(=O)O)cc1. The van der Waals surface area contributed by atoms with Gasteiger partial charge in [0.05, 0.1) is 13.0 Å². The molecule has 0 heterocycles. The van der Waals surface area contributed by atoms with Gasteiger partial charge in [-0.25, -0.2) is 4.79 Å². The molecule has 1 rings (SSSR count). The second-order valence-corrected chi connectivity index (χ2v) is 3.40. The number of carboxylic acid groups (broad SMARTS) is 1. The molecule has 0 aliphatic carbocycles. The van der Waals surface area contributed by atoms with E-state index in [-0.39, 0.29) is 12.4 Å². The van der Waals surface area contributed by atoms with Crippen LogP contribution in [0.3, 0.4) is 0 Å². The predicted molar refractivity (Wildman–Crippen MR) is 63.4 cm³/mol. The third-order valence-electron chi connectivity index (χ3n) is 2.03. The van der Waals surface area contributed by atoms with Gasteiger partial charge in [0.25, 0.3) is 0 Å². The average molecular weight is 234 g/mol. The van der Waals surface area contributed by atoms with Gasteiger partial charge in [0.2, 0.25) is 0 Å². The van der Waals surface area contributed by atoms with Gasteiger partial charge in [0.15, 0.2) is 0 Å². The Hall–Kier alpha value is -2.10. The Balaban J connectivity index is 2.62. The number of hydrogen-bond donors (Lipinski definition) is 1. The van der Waals surface area contributed by atoms with E-state index in [1.54, 1.807) is 37.3 Å². The van der Waals surface area contributed by atoms with E-state index in [1.165, 1.54) is 6.08 Å². The highest BCUT2D eigenvalue weighted by Gasteiger charge is 1.99. The molecule has 0 saturated heterocycles. The highest BCUT2D eigenvalue weighted by Crippen LogP contribution is 2.07. The van der Waals surface area contributed by atoms with Crippen LogP contribution in [0.15, 0.2) is 30.3 Å². The summed E-state index contributed by atoms with van der Waals surface area (Å²) in [6, 6.07) is 6.96. The zero-order chi connectivity index (χ0) is 12.7. The topological polar surface area (TPSA) is 63.6 Å². The quantitative estimate of drug-likeness (QED) is 0.624. The van der Waals surface area contributed by atoms with Crippen LogP contribution in [-0.4, -0.2) is 23.7 Å². The van der Waals surface area contributed by atoms with E-state index in [1.807, 2.05) is 0 Å². The van der Waals surface area contributed by atoms with Crippen molar-refractivity contribution in [2.45, 2.75) is 13.3 Å². The maximum atomic E-state index is 11.0. The number of carboxylic acids is 1. The molecule has 0 spiro atoms. The number of hydrogen-bond acceptors (Lipinski definition) is 3. The first-order valence-corrected chi connectivity index (χ1v) is 5.27. The number of esters is 1. The van der Waals surface area contributed by atoms with Crippen molar-refractivity contribution in [1.82, 2.24) is 0 Å². The van der Waals surface area contributed by atoms with Gasteiger partial charge in [-0.15, -0.1) is 0 Å². The smallest absolute Gasteiger partial charge is 0.330 e. The minimum atomic E-state index is -0.861. The molecule has 17 heavy (non-hydrogen) atoms. The van der Waals surface area contributed by atoms with Gasteiger partial charge in [-0.05, 0) is 24.1 Å². The molecule has 0 fully saturated rings. The summed E-state index contributed by atoms with van der Waals surface area (Å²) in [5.41, 5.74) is 1.55. The van der Waals surface area contributed by atoms with Crippen molar-refractivity contribution in [3.05, 3.63) is 41.5 Å². The van der Waals surface area contributed by atoms with Crippen molar-refractivity contribution in [1.29, 1.82) is 0 Å². The van der Waals surface area contributed by atoms with Crippen LogP contribution >= 0.6 is 0 Å². The first-order valence-electron chi connectivity index (χ1n) is 5.27. The summed E-state index contributed by atoms with van der Waals surface area (Å²) in [6.45, 7) is 2.09. The van der Waals surface area contributed by atoms with Gasteiger partial charge < -0.3 is 9.84 Å².